The smallest absolute Gasteiger partial charge is 0.270 e. The third kappa shape index (κ3) is 7.02. The van der Waals surface area contributed by atoms with Crippen molar-refractivity contribution in [3.05, 3.63) is 93.9 Å². The van der Waals surface area contributed by atoms with Crippen LogP contribution in [-0.4, -0.2) is 39.7 Å². The second kappa shape index (κ2) is 11.6. The molecule has 0 atom stereocenters. The summed E-state index contributed by atoms with van der Waals surface area (Å²) < 4.78 is 7.17. The van der Waals surface area contributed by atoms with Crippen LogP contribution in [0.15, 0.2) is 71.7 Å². The Kier molecular flexibility index (Phi) is 8.09. The van der Waals surface area contributed by atoms with Crippen molar-refractivity contribution in [2.24, 2.45) is 0 Å². The minimum atomic E-state index is -0.162. The molecule has 0 aliphatic carbocycles. The predicted octanol–water partition coefficient (Wildman–Crippen LogP) is 3.17. The quantitative estimate of drug-likeness (QED) is 0.531. The number of nitrogens with zero attached hydrogens (tertiary/aromatic N) is 3. The molecule has 4 rings (SSSR count). The van der Waals surface area contributed by atoms with E-state index in [-0.39, 0.29) is 11.5 Å². The third-order valence-corrected chi connectivity index (χ3v) is 6.13. The van der Waals surface area contributed by atoms with Gasteiger partial charge < -0.3 is 10.1 Å². The van der Waals surface area contributed by atoms with E-state index in [1.54, 1.807) is 13.1 Å². The van der Waals surface area contributed by atoms with Crippen LogP contribution in [0, 0.1) is 0 Å². The second-order valence-electron chi connectivity index (χ2n) is 8.84. The lowest BCUT2D eigenvalue weighted by Gasteiger charge is -2.32. The average molecular weight is 461 g/mol. The molecule has 0 radical (unpaired) electrons. The molecular formula is C27H32N4O3. The fourth-order valence-electron chi connectivity index (χ4n) is 4.23. The van der Waals surface area contributed by atoms with Crippen LogP contribution in [0.4, 0.5) is 0 Å². The SMILES string of the molecule is CC(=O)NC1CCN(Cc2ccc(CCn3ncc(OCc4ccccc4)cc3=O)cc2)CC1. The summed E-state index contributed by atoms with van der Waals surface area (Å²) >= 11 is 0. The summed E-state index contributed by atoms with van der Waals surface area (Å²) in [6.45, 7) is 5.41. The van der Waals surface area contributed by atoms with E-state index in [0.29, 0.717) is 24.9 Å². The number of ether oxygens (including phenoxy) is 1. The molecule has 34 heavy (non-hydrogen) atoms. The van der Waals surface area contributed by atoms with Gasteiger partial charge in [0.05, 0.1) is 6.20 Å². The summed E-state index contributed by atoms with van der Waals surface area (Å²) in [7, 11) is 0. The number of carbonyl (C=O) groups is 1. The van der Waals surface area contributed by atoms with E-state index in [1.807, 2.05) is 30.3 Å². The Morgan fingerprint density at radius 2 is 1.74 bits per heavy atom. The molecule has 7 nitrogen and oxygen atoms in total. The molecule has 2 heterocycles. The van der Waals surface area contributed by atoms with Crippen molar-refractivity contribution >= 4 is 5.91 Å². The largest absolute Gasteiger partial charge is 0.487 e. The molecule has 1 fully saturated rings. The van der Waals surface area contributed by atoms with Gasteiger partial charge in [0.2, 0.25) is 5.91 Å². The standard InChI is InChI=1S/C27H32N4O3/c1-21(32)29-25-12-14-30(15-13-25)19-23-9-7-22(8-10-23)11-16-31-27(33)17-26(18-28-31)34-20-24-5-3-2-4-6-24/h2-10,17-18,25H,11-16,19-20H2,1H3,(H,29,32). The lowest BCUT2D eigenvalue weighted by atomic mass is 10.0. The number of amides is 1. The number of benzene rings is 2. The van der Waals surface area contributed by atoms with Crippen LogP contribution >= 0.6 is 0 Å². The number of aromatic nitrogens is 2. The normalized spacial score (nSPS) is 14.6. The highest BCUT2D eigenvalue weighted by Crippen LogP contribution is 2.15. The molecule has 0 spiro atoms. The summed E-state index contributed by atoms with van der Waals surface area (Å²) in [4.78, 5) is 26.1. The first-order valence-corrected chi connectivity index (χ1v) is 11.9. The van der Waals surface area contributed by atoms with Gasteiger partial charge in [-0.2, -0.15) is 5.10 Å². The maximum absolute atomic E-state index is 12.4. The zero-order chi connectivity index (χ0) is 23.8. The monoisotopic (exact) mass is 460 g/mol. The van der Waals surface area contributed by atoms with E-state index in [4.69, 9.17) is 4.74 Å². The number of hydrogen-bond donors (Lipinski definition) is 1. The van der Waals surface area contributed by atoms with Crippen molar-refractivity contribution in [1.29, 1.82) is 0 Å². The van der Waals surface area contributed by atoms with Gasteiger partial charge >= 0.3 is 0 Å². The zero-order valence-corrected chi connectivity index (χ0v) is 19.7. The van der Waals surface area contributed by atoms with E-state index < -0.39 is 0 Å². The highest BCUT2D eigenvalue weighted by Gasteiger charge is 2.19. The Morgan fingerprint density at radius 1 is 1.03 bits per heavy atom. The molecule has 0 bridgehead atoms. The van der Waals surface area contributed by atoms with Crippen molar-refractivity contribution in [3.8, 4) is 5.75 Å². The molecule has 1 N–H and O–H groups in total. The van der Waals surface area contributed by atoms with Gasteiger partial charge in [0.15, 0.2) is 0 Å². The predicted molar refractivity (Wildman–Crippen MR) is 132 cm³/mol. The summed E-state index contributed by atoms with van der Waals surface area (Å²) in [5.41, 5.74) is 3.33. The summed E-state index contributed by atoms with van der Waals surface area (Å²) in [6, 6.07) is 20.2. The molecule has 1 aromatic heterocycles. The lowest BCUT2D eigenvalue weighted by molar-refractivity contribution is -0.119. The van der Waals surface area contributed by atoms with E-state index >= 15 is 0 Å². The van der Waals surface area contributed by atoms with Crippen LogP contribution < -0.4 is 15.6 Å². The van der Waals surface area contributed by atoms with Crippen molar-refractivity contribution in [3.63, 3.8) is 0 Å². The van der Waals surface area contributed by atoms with Gasteiger partial charge in [-0.15, -0.1) is 0 Å². The van der Waals surface area contributed by atoms with Gasteiger partial charge in [-0.25, -0.2) is 4.68 Å². The van der Waals surface area contributed by atoms with Crippen LogP contribution in [0.5, 0.6) is 5.75 Å². The molecule has 3 aromatic rings. The number of rotatable bonds is 9. The Bertz CT molecular complexity index is 1120. The summed E-state index contributed by atoms with van der Waals surface area (Å²) in [6.07, 6.45) is 4.33. The topological polar surface area (TPSA) is 76.5 Å². The number of hydrogen-bond acceptors (Lipinski definition) is 5. The zero-order valence-electron chi connectivity index (χ0n) is 19.7. The van der Waals surface area contributed by atoms with Crippen LogP contribution in [0.3, 0.4) is 0 Å². The van der Waals surface area contributed by atoms with Crippen molar-refractivity contribution < 1.29 is 9.53 Å². The number of aryl methyl sites for hydroxylation is 2. The number of nitrogens with one attached hydrogen (secondary N) is 1. The minimum absolute atomic E-state index is 0.0545. The van der Waals surface area contributed by atoms with E-state index in [0.717, 1.165) is 44.5 Å². The highest BCUT2D eigenvalue weighted by atomic mass is 16.5. The fraction of sp³-hybridized carbons (Fsp3) is 0.370. The lowest BCUT2D eigenvalue weighted by Crippen LogP contribution is -2.43. The first-order valence-electron chi connectivity index (χ1n) is 11.9. The maximum Gasteiger partial charge on any atom is 0.270 e. The third-order valence-electron chi connectivity index (χ3n) is 6.13. The number of carbonyl (C=O) groups excluding carboxylic acids is 1. The van der Waals surface area contributed by atoms with Crippen molar-refractivity contribution in [2.45, 2.75) is 51.9 Å². The molecule has 0 saturated carbocycles. The first kappa shape index (κ1) is 23.7. The Hall–Kier alpha value is -3.45. The van der Waals surface area contributed by atoms with Gasteiger partial charge in [-0.05, 0) is 36.0 Å². The van der Waals surface area contributed by atoms with Crippen molar-refractivity contribution in [1.82, 2.24) is 20.0 Å². The molecule has 7 heteroatoms. The molecule has 1 aliphatic heterocycles. The summed E-state index contributed by atoms with van der Waals surface area (Å²) in [5.74, 6) is 0.536. The van der Waals surface area contributed by atoms with Crippen LogP contribution in [-0.2, 0) is 30.9 Å². The Labute approximate surface area is 200 Å². The average Bonchev–Trinajstić information content (AvgIpc) is 2.85. The van der Waals surface area contributed by atoms with E-state index in [1.165, 1.54) is 21.9 Å². The van der Waals surface area contributed by atoms with E-state index in [2.05, 4.69) is 39.6 Å². The van der Waals surface area contributed by atoms with Crippen LogP contribution in [0.25, 0.3) is 0 Å². The maximum atomic E-state index is 12.4. The van der Waals surface area contributed by atoms with Gasteiger partial charge in [-0.3, -0.25) is 14.5 Å². The molecule has 2 aromatic carbocycles. The molecule has 1 amide bonds. The van der Waals surface area contributed by atoms with Gasteiger partial charge in [0.25, 0.3) is 5.56 Å². The summed E-state index contributed by atoms with van der Waals surface area (Å²) in [5, 5.41) is 7.29. The minimum Gasteiger partial charge on any atom is -0.487 e. The Balaban J connectivity index is 1.23. The molecule has 178 valence electrons. The van der Waals surface area contributed by atoms with E-state index in [9.17, 15) is 9.59 Å². The molecule has 0 unspecified atom stereocenters. The van der Waals surface area contributed by atoms with Crippen molar-refractivity contribution in [2.75, 3.05) is 13.1 Å². The number of likely N-dealkylation sites (tertiary alicyclic amines) is 1. The van der Waals surface area contributed by atoms with Gasteiger partial charge in [0, 0.05) is 45.2 Å². The second-order valence-corrected chi connectivity index (χ2v) is 8.84. The molecule has 1 aliphatic rings. The molecule has 1 saturated heterocycles. The first-order chi connectivity index (χ1) is 16.5. The fourth-order valence-corrected chi connectivity index (χ4v) is 4.23. The highest BCUT2D eigenvalue weighted by molar-refractivity contribution is 5.73. The van der Waals surface area contributed by atoms with Crippen LogP contribution in [0.1, 0.15) is 36.5 Å². The molecular weight excluding hydrogens is 428 g/mol. The Morgan fingerprint density at radius 3 is 2.41 bits per heavy atom. The van der Waals surface area contributed by atoms with Gasteiger partial charge in [-0.1, -0.05) is 54.6 Å². The van der Waals surface area contributed by atoms with Gasteiger partial charge in [0.1, 0.15) is 12.4 Å². The van der Waals surface area contributed by atoms with Crippen LogP contribution in [0.2, 0.25) is 0 Å². The number of piperidine rings is 1.